The molecule has 3 aromatic rings. The van der Waals surface area contributed by atoms with Gasteiger partial charge in [0.25, 0.3) is 11.5 Å². The molecular weight excluding hydrogens is 350 g/mol. The molecule has 0 saturated carbocycles. The van der Waals surface area contributed by atoms with E-state index in [9.17, 15) is 23.5 Å². The minimum atomic E-state index is -0.921. The number of pyridine rings is 1. The number of aromatic hydroxyl groups is 1. The standard InChI is InChI=1S/C17H14F2N2O3S/c1-8-7-25-17-12(8)14(22)13(16(24)21(17)3)15(23)20(2)11-6-9(18)4-5-10(11)19/h4-7,22H,1-3H3. The van der Waals surface area contributed by atoms with Crippen LogP contribution < -0.4 is 10.5 Å². The maximum Gasteiger partial charge on any atom is 0.268 e. The number of carbonyl (C=O) groups excluding carboxylic acids is 1. The molecule has 1 amide bonds. The van der Waals surface area contributed by atoms with Gasteiger partial charge in [0.1, 0.15) is 27.8 Å². The van der Waals surface area contributed by atoms with Crippen LogP contribution in [0.4, 0.5) is 14.5 Å². The van der Waals surface area contributed by atoms with Crippen LogP contribution in [0.15, 0.2) is 28.4 Å². The number of aromatic nitrogens is 1. The summed E-state index contributed by atoms with van der Waals surface area (Å²) in [5, 5.41) is 12.6. The molecule has 0 radical (unpaired) electrons. The summed E-state index contributed by atoms with van der Waals surface area (Å²) in [7, 11) is 2.70. The van der Waals surface area contributed by atoms with Crippen LogP contribution in [0.1, 0.15) is 15.9 Å². The van der Waals surface area contributed by atoms with Crippen molar-refractivity contribution in [2.75, 3.05) is 11.9 Å². The lowest BCUT2D eigenvalue weighted by atomic mass is 10.1. The summed E-state index contributed by atoms with van der Waals surface area (Å²) >= 11 is 1.27. The fourth-order valence-electron chi connectivity index (χ4n) is 2.66. The molecule has 0 aliphatic rings. The molecule has 0 atom stereocenters. The van der Waals surface area contributed by atoms with Gasteiger partial charge in [0.2, 0.25) is 0 Å². The molecule has 0 aliphatic carbocycles. The number of anilines is 1. The number of aryl methyl sites for hydroxylation is 2. The summed E-state index contributed by atoms with van der Waals surface area (Å²) in [5.41, 5.74) is -0.807. The monoisotopic (exact) mass is 364 g/mol. The number of nitrogens with zero attached hydrogens (tertiary/aromatic N) is 2. The van der Waals surface area contributed by atoms with Crippen LogP contribution in [0.2, 0.25) is 0 Å². The Morgan fingerprint density at radius 3 is 2.68 bits per heavy atom. The van der Waals surface area contributed by atoms with E-state index in [1.54, 1.807) is 12.3 Å². The van der Waals surface area contributed by atoms with Crippen molar-refractivity contribution in [2.45, 2.75) is 6.92 Å². The smallest absolute Gasteiger partial charge is 0.268 e. The molecular formula is C17H14F2N2O3S. The van der Waals surface area contributed by atoms with E-state index in [4.69, 9.17) is 0 Å². The van der Waals surface area contributed by atoms with Gasteiger partial charge in [-0.1, -0.05) is 0 Å². The number of rotatable bonds is 2. The van der Waals surface area contributed by atoms with Crippen molar-refractivity contribution in [1.29, 1.82) is 0 Å². The Hall–Kier alpha value is -2.74. The zero-order chi connectivity index (χ0) is 18.5. The van der Waals surface area contributed by atoms with Crippen LogP contribution in [-0.4, -0.2) is 22.6 Å². The molecule has 0 spiro atoms. The summed E-state index contributed by atoms with van der Waals surface area (Å²) < 4.78 is 28.6. The molecule has 1 N–H and O–H groups in total. The lowest BCUT2D eigenvalue weighted by molar-refractivity contribution is 0.0988. The first-order valence-electron chi connectivity index (χ1n) is 7.27. The zero-order valence-corrected chi connectivity index (χ0v) is 14.4. The normalized spacial score (nSPS) is 11.1. The van der Waals surface area contributed by atoms with E-state index in [2.05, 4.69) is 0 Å². The lowest BCUT2D eigenvalue weighted by Crippen LogP contribution is -2.34. The van der Waals surface area contributed by atoms with Crippen LogP contribution in [0.25, 0.3) is 10.2 Å². The molecule has 5 nitrogen and oxygen atoms in total. The average Bonchev–Trinajstić information content (AvgIpc) is 2.96. The van der Waals surface area contributed by atoms with Gasteiger partial charge in [-0.3, -0.25) is 9.59 Å². The van der Waals surface area contributed by atoms with Gasteiger partial charge in [-0.2, -0.15) is 0 Å². The van der Waals surface area contributed by atoms with Crippen molar-refractivity contribution in [3.63, 3.8) is 0 Å². The predicted octanol–water partition coefficient (Wildman–Crippen LogP) is 3.17. The van der Waals surface area contributed by atoms with Crippen molar-refractivity contribution in [2.24, 2.45) is 7.05 Å². The first kappa shape index (κ1) is 17.1. The Morgan fingerprint density at radius 2 is 2.00 bits per heavy atom. The van der Waals surface area contributed by atoms with E-state index < -0.39 is 34.4 Å². The van der Waals surface area contributed by atoms with Gasteiger partial charge in [0, 0.05) is 20.2 Å². The molecule has 0 saturated heterocycles. The van der Waals surface area contributed by atoms with Crippen molar-refractivity contribution in [1.82, 2.24) is 4.57 Å². The minimum Gasteiger partial charge on any atom is -0.506 e. The van der Waals surface area contributed by atoms with E-state index >= 15 is 0 Å². The zero-order valence-electron chi connectivity index (χ0n) is 13.6. The van der Waals surface area contributed by atoms with Crippen molar-refractivity contribution >= 4 is 33.1 Å². The molecule has 8 heteroatoms. The second-order valence-corrected chi connectivity index (χ2v) is 6.50. The fourth-order valence-corrected chi connectivity index (χ4v) is 3.69. The molecule has 2 aromatic heterocycles. The third kappa shape index (κ3) is 2.58. The number of halogens is 2. The molecule has 130 valence electrons. The Kier molecular flexibility index (Phi) is 4.08. The highest BCUT2D eigenvalue weighted by Gasteiger charge is 2.27. The largest absolute Gasteiger partial charge is 0.506 e. The number of carbonyl (C=O) groups is 1. The summed E-state index contributed by atoms with van der Waals surface area (Å²) in [6.45, 7) is 1.74. The second kappa shape index (κ2) is 5.96. The van der Waals surface area contributed by atoms with Crippen LogP contribution in [-0.2, 0) is 7.05 Å². The maximum absolute atomic E-state index is 13.9. The van der Waals surface area contributed by atoms with Gasteiger partial charge in [0.15, 0.2) is 0 Å². The molecule has 1 aromatic carbocycles. The lowest BCUT2D eigenvalue weighted by Gasteiger charge is -2.19. The Morgan fingerprint density at radius 1 is 1.32 bits per heavy atom. The highest BCUT2D eigenvalue weighted by Crippen LogP contribution is 2.34. The minimum absolute atomic E-state index is 0.325. The predicted molar refractivity (Wildman–Crippen MR) is 92.6 cm³/mol. The van der Waals surface area contributed by atoms with Gasteiger partial charge < -0.3 is 14.6 Å². The van der Waals surface area contributed by atoms with Crippen molar-refractivity contribution in [3.05, 3.63) is 56.7 Å². The number of thiophene rings is 1. The van der Waals surface area contributed by atoms with Crippen molar-refractivity contribution in [3.8, 4) is 5.75 Å². The van der Waals surface area contributed by atoms with Crippen molar-refractivity contribution < 1.29 is 18.7 Å². The van der Waals surface area contributed by atoms with E-state index in [-0.39, 0.29) is 5.69 Å². The summed E-state index contributed by atoms with van der Waals surface area (Å²) in [6.07, 6.45) is 0. The van der Waals surface area contributed by atoms with Gasteiger partial charge in [0.05, 0.1) is 11.1 Å². The van der Waals surface area contributed by atoms with Gasteiger partial charge in [-0.15, -0.1) is 11.3 Å². The summed E-state index contributed by atoms with van der Waals surface area (Å²) in [5.74, 6) is -2.92. The maximum atomic E-state index is 13.9. The Balaban J connectivity index is 2.22. The first-order chi connectivity index (χ1) is 11.7. The Labute approximate surface area is 145 Å². The van der Waals surface area contributed by atoms with E-state index in [0.717, 1.165) is 23.1 Å². The van der Waals surface area contributed by atoms with Crippen LogP contribution >= 0.6 is 11.3 Å². The van der Waals surface area contributed by atoms with Gasteiger partial charge in [-0.05, 0) is 30.0 Å². The molecule has 0 unspecified atom stereocenters. The molecule has 0 bridgehead atoms. The molecule has 25 heavy (non-hydrogen) atoms. The molecule has 3 rings (SSSR count). The number of benzene rings is 1. The molecule has 2 heterocycles. The van der Waals surface area contributed by atoms with Gasteiger partial charge in [-0.25, -0.2) is 8.78 Å². The number of hydrogen-bond acceptors (Lipinski definition) is 4. The highest BCUT2D eigenvalue weighted by atomic mass is 32.1. The van der Waals surface area contributed by atoms with Crippen LogP contribution in [0.5, 0.6) is 5.75 Å². The fraction of sp³-hybridized carbons (Fsp3) is 0.176. The van der Waals surface area contributed by atoms with E-state index in [1.165, 1.54) is 30.0 Å². The summed E-state index contributed by atoms with van der Waals surface area (Å²) in [4.78, 5) is 26.6. The third-order valence-electron chi connectivity index (χ3n) is 4.04. The van der Waals surface area contributed by atoms with Gasteiger partial charge >= 0.3 is 0 Å². The SMILES string of the molecule is Cc1csc2c1c(O)c(C(=O)N(C)c1cc(F)ccc1F)c(=O)n2C. The Bertz CT molecular complexity index is 1070. The number of amides is 1. The second-order valence-electron chi connectivity index (χ2n) is 5.65. The van der Waals surface area contributed by atoms with E-state index in [1.807, 2.05) is 0 Å². The summed E-state index contributed by atoms with van der Waals surface area (Å²) in [6, 6.07) is 2.66. The topological polar surface area (TPSA) is 62.5 Å². The number of hydrogen-bond donors (Lipinski definition) is 1. The molecule has 0 aliphatic heterocycles. The average molecular weight is 364 g/mol. The number of fused-ring (bicyclic) bond motifs is 1. The van der Waals surface area contributed by atoms with E-state index in [0.29, 0.717) is 15.8 Å². The molecule has 0 fully saturated rings. The highest BCUT2D eigenvalue weighted by molar-refractivity contribution is 7.17. The van der Waals surface area contributed by atoms with Crippen LogP contribution in [0, 0.1) is 18.6 Å². The first-order valence-corrected chi connectivity index (χ1v) is 8.14. The third-order valence-corrected chi connectivity index (χ3v) is 5.21. The van der Waals surface area contributed by atoms with Crippen LogP contribution in [0.3, 0.4) is 0 Å². The quantitative estimate of drug-likeness (QED) is 0.760.